The van der Waals surface area contributed by atoms with E-state index in [1.807, 2.05) is 72.0 Å². The van der Waals surface area contributed by atoms with E-state index in [9.17, 15) is 48.9 Å². The number of benzene rings is 2. The van der Waals surface area contributed by atoms with Gasteiger partial charge in [0.2, 0.25) is 11.7 Å². The van der Waals surface area contributed by atoms with Crippen molar-refractivity contribution in [2.75, 3.05) is 145 Å². The molecule has 0 unspecified atom stereocenters. The first-order valence-corrected chi connectivity index (χ1v) is 44.0. The van der Waals surface area contributed by atoms with Gasteiger partial charge in [0.05, 0.1) is 142 Å². The van der Waals surface area contributed by atoms with Crippen LogP contribution >= 0.6 is 0 Å². The lowest BCUT2D eigenvalue weighted by molar-refractivity contribution is -0.265. The minimum Gasteiger partial charge on any atom is -0.459 e. The van der Waals surface area contributed by atoms with E-state index in [0.29, 0.717) is 180 Å². The van der Waals surface area contributed by atoms with Gasteiger partial charge in [0, 0.05) is 88.8 Å². The number of nitrogens with one attached hydrogen (secondary N) is 1. The number of piperidine rings is 1. The van der Waals surface area contributed by atoms with Crippen molar-refractivity contribution in [3.05, 3.63) is 113 Å². The number of nitrogens with zero attached hydrogens (tertiary/aromatic N) is 7. The predicted octanol–water partition coefficient (Wildman–Crippen LogP) is 7.64. The van der Waals surface area contributed by atoms with E-state index in [-0.39, 0.29) is 81.3 Å². The van der Waals surface area contributed by atoms with Gasteiger partial charge in [0.25, 0.3) is 17.7 Å². The molecule has 3 fully saturated rings. The molecule has 5 aromatic rings. The number of aromatic nitrogens is 5. The van der Waals surface area contributed by atoms with Crippen LogP contribution in [-0.2, 0) is 110 Å². The number of nitrogen functional groups attached to an aromatic ring is 1. The monoisotopic (exact) mass is 1750 g/mol. The molecule has 34 nitrogen and oxygen atoms in total. The molecule has 3 amide bonds. The van der Waals surface area contributed by atoms with Crippen LogP contribution in [0.4, 0.5) is 10.8 Å². The molecule has 2 aromatic carbocycles. The topological polar surface area (TPSA) is 440 Å². The number of nitrogens with two attached hydrogens (primary N) is 2. The Hall–Kier alpha value is -8.69. The molecule has 10 rings (SSSR count). The van der Waals surface area contributed by atoms with Crippen molar-refractivity contribution in [1.29, 1.82) is 0 Å². The molecule has 34 heteroatoms. The van der Waals surface area contributed by atoms with Gasteiger partial charge >= 0.3 is 12.1 Å². The number of ether oxygens (including phenoxy) is 13. The fourth-order valence-electron chi connectivity index (χ4n) is 16.6. The minimum absolute atomic E-state index is 0.00176. The highest BCUT2D eigenvalue weighted by molar-refractivity contribution is 6.39. The standard InChI is InChI=1S/C91H130N10O24/c1-58-14-10-9-11-15-59(2)77(112-7)52-69-22-17-63(6)91(111,125-69)85(107)87(108)100-28-13-12-16-73(100)88(109)122-78(53-74(102)60(3)47-62(5)83(105)84(106)82(104)61(4)46-58)71(92)49-64-19-23-76(79(50-64)113-8)124-90(110)95-27-31-115-33-35-117-37-39-119-41-43-121-45-44-120-42-40-118-38-36-116-34-32-114-30-26-80(103)99-29-25-66-48-65(18-20-68(66)56-99)55-101-86-70(54-94-57-96-86)81(98-101)67-21-24-75-72(51-67)97-89(93)123-75/h9-11,14-15,18,20-21,24,47-48,51,54,57-58,60-61,63-64,69,71,73,76-79,83-84,105-106,111H,12-13,16-17,19,22-23,25-46,49-50,52-53,55-56,92H2,1-8H3,(H2,93,97)(H,95,110)/b11-9?,14-10+,59-15?,62-47+/t58-,60-,61-,63-,64+,69+,71-,73+,76-,77+,78+,79-,83-,84+,91-/m1/s1. The predicted molar refractivity (Wildman–Crippen MR) is 460 cm³/mol. The molecule has 2 saturated heterocycles. The molecule has 8 N–H and O–H groups in total. The highest BCUT2D eigenvalue weighted by atomic mass is 16.6. The molecule has 15 atom stereocenters. The number of carbonyl (C=O) groups is 7. The maximum Gasteiger partial charge on any atom is 0.407 e. The van der Waals surface area contributed by atoms with E-state index in [1.165, 1.54) is 32.0 Å². The molecular formula is C91H130N10O24. The first kappa shape index (κ1) is 98.5. The van der Waals surface area contributed by atoms with Crippen LogP contribution in [0.5, 0.6) is 0 Å². The number of methoxy groups -OCH3 is 2. The van der Waals surface area contributed by atoms with E-state index < -0.39 is 120 Å². The summed E-state index contributed by atoms with van der Waals surface area (Å²) >= 11 is 0. The number of aliphatic hydroxyl groups excluding tert-OH is 2. The van der Waals surface area contributed by atoms with Crippen molar-refractivity contribution >= 4 is 69.4 Å². The smallest absolute Gasteiger partial charge is 0.407 e. The summed E-state index contributed by atoms with van der Waals surface area (Å²) in [5, 5.41) is 43.1. The quantitative estimate of drug-likeness (QED) is 0.00970. The maximum atomic E-state index is 14.7. The van der Waals surface area contributed by atoms with Gasteiger partial charge in [-0.2, -0.15) is 10.1 Å². The van der Waals surface area contributed by atoms with Gasteiger partial charge in [0.1, 0.15) is 53.8 Å². The van der Waals surface area contributed by atoms with Crippen LogP contribution < -0.4 is 16.8 Å². The number of alkyl carbamates (subject to hydrolysis) is 1. The average Bonchev–Trinajstić information content (AvgIpc) is 1.62. The molecule has 4 aliphatic heterocycles. The summed E-state index contributed by atoms with van der Waals surface area (Å²) in [6.07, 6.45) is 11.1. The van der Waals surface area contributed by atoms with Gasteiger partial charge in [-0.25, -0.2) is 24.2 Å². The van der Waals surface area contributed by atoms with Gasteiger partial charge in [0.15, 0.2) is 17.0 Å². The van der Waals surface area contributed by atoms with E-state index >= 15 is 0 Å². The molecule has 5 aliphatic rings. The lowest BCUT2D eigenvalue weighted by Crippen LogP contribution is -2.61. The van der Waals surface area contributed by atoms with E-state index in [0.717, 1.165) is 44.7 Å². The molecule has 1 aliphatic carbocycles. The summed E-state index contributed by atoms with van der Waals surface area (Å²) in [6, 6.07) is 9.87. The van der Waals surface area contributed by atoms with Crippen LogP contribution in [-0.4, -0.2) is 291 Å². The van der Waals surface area contributed by atoms with Crippen molar-refractivity contribution in [2.45, 2.75) is 205 Å². The number of esters is 1. The SMILES string of the molecule is CO[C@H]1C[C@@H]2CC[C@@H](C)[C@@](O)(O2)C(=O)C(=O)N2CCCC[C@H]2C(=O)O[C@H]([C@H](N)C[C@@H]2CC[C@@H](OC(=O)NCCOCCOCCOCCOCCOCCOCCOCCOCCC(=O)N3CCc4cc(Cn5nc(-c6ccc7oc(N)nc7c6)c6cncnc65)ccc4C3)[C@H](OC)C2)CC(=O)[C@H](C)/C=C(\C)[C@@H](O)[C@@H](O)C(=O)[C@H](C)C[C@H](C)/C=C/C=CC=C1C. The molecule has 2 bridgehead atoms. The van der Waals surface area contributed by atoms with Crippen LogP contribution in [0.2, 0.25) is 0 Å². The number of fused-ring (bicyclic) bond motifs is 6. The molecule has 125 heavy (non-hydrogen) atoms. The van der Waals surface area contributed by atoms with Gasteiger partial charge in [-0.05, 0) is 142 Å². The Bertz CT molecular complexity index is 4440. The molecule has 0 radical (unpaired) electrons. The second-order valence-corrected chi connectivity index (χ2v) is 33.2. The normalized spacial score (nSPS) is 26.6. The first-order chi connectivity index (χ1) is 60.3. The maximum absolute atomic E-state index is 14.7. The number of hydrogen-bond acceptors (Lipinski definition) is 30. The minimum atomic E-state index is -2.51. The summed E-state index contributed by atoms with van der Waals surface area (Å²) < 4.78 is 82.3. The Morgan fingerprint density at radius 1 is 0.720 bits per heavy atom. The second-order valence-electron chi connectivity index (χ2n) is 33.2. The Balaban J connectivity index is 0.548. The number of ketones is 3. The van der Waals surface area contributed by atoms with Crippen LogP contribution in [0.1, 0.15) is 142 Å². The number of amides is 3. The van der Waals surface area contributed by atoms with Crippen molar-refractivity contribution in [1.82, 2.24) is 39.8 Å². The molecule has 3 aromatic heterocycles. The molecular weight excluding hydrogens is 1620 g/mol. The molecule has 0 spiro atoms. The van der Waals surface area contributed by atoms with Crippen LogP contribution in [0.25, 0.3) is 33.4 Å². The number of allylic oxidation sites excluding steroid dienone is 6. The van der Waals surface area contributed by atoms with E-state index in [4.69, 9.17) is 82.6 Å². The van der Waals surface area contributed by atoms with Gasteiger partial charge in [-0.15, -0.1) is 0 Å². The average molecular weight is 1750 g/mol. The Morgan fingerprint density at radius 3 is 2.08 bits per heavy atom. The highest BCUT2D eigenvalue weighted by Gasteiger charge is 2.53. The largest absolute Gasteiger partial charge is 0.459 e. The van der Waals surface area contributed by atoms with Crippen LogP contribution in [0.15, 0.2) is 101 Å². The van der Waals surface area contributed by atoms with Gasteiger partial charge in [-0.1, -0.05) is 82.4 Å². The third-order valence-electron chi connectivity index (χ3n) is 23.9. The van der Waals surface area contributed by atoms with Crippen molar-refractivity contribution in [3.8, 4) is 11.3 Å². The number of oxazole rings is 1. The Morgan fingerprint density at radius 2 is 1.40 bits per heavy atom. The highest BCUT2D eigenvalue weighted by Crippen LogP contribution is 2.39. The lowest BCUT2D eigenvalue weighted by atomic mass is 9.80. The van der Waals surface area contributed by atoms with Crippen molar-refractivity contribution in [2.24, 2.45) is 35.3 Å². The number of Topliss-reactive ketones (excluding diaryl/α,β-unsaturated/α-hetero) is 3. The van der Waals surface area contributed by atoms with Crippen molar-refractivity contribution in [3.63, 3.8) is 0 Å². The Kier molecular flexibility index (Phi) is 39.5. The first-order valence-electron chi connectivity index (χ1n) is 44.0. The third kappa shape index (κ3) is 29.2. The fraction of sp³-hybridized carbons (Fsp3) is 0.637. The van der Waals surface area contributed by atoms with Crippen LogP contribution in [0, 0.1) is 29.6 Å². The lowest BCUT2D eigenvalue weighted by Gasteiger charge is -2.42. The number of hydrogen-bond donors (Lipinski definition) is 6. The Labute approximate surface area is 731 Å². The number of cyclic esters (lactones) is 1. The second kappa shape index (κ2) is 50.2. The number of anilines is 1. The molecule has 7 heterocycles. The third-order valence-corrected chi connectivity index (χ3v) is 23.9. The zero-order chi connectivity index (χ0) is 89.4. The molecule has 1 saturated carbocycles. The zero-order valence-electron chi connectivity index (χ0n) is 73.6. The fourth-order valence-corrected chi connectivity index (χ4v) is 16.6. The number of carbonyl (C=O) groups excluding carboxylic acids is 7. The van der Waals surface area contributed by atoms with Crippen LogP contribution in [0.3, 0.4) is 0 Å². The summed E-state index contributed by atoms with van der Waals surface area (Å²) in [6.45, 7) is 17.8. The van der Waals surface area contributed by atoms with E-state index in [1.54, 1.807) is 34.1 Å². The summed E-state index contributed by atoms with van der Waals surface area (Å²) in [4.78, 5) is 114. The zero-order valence-corrected chi connectivity index (χ0v) is 73.6. The molecule has 688 valence electrons. The van der Waals surface area contributed by atoms with Gasteiger partial charge < -0.3 is 108 Å². The summed E-state index contributed by atoms with van der Waals surface area (Å²) in [5.74, 6) is -9.25. The van der Waals surface area contributed by atoms with Gasteiger partial charge in [-0.3, -0.25) is 24.0 Å². The summed E-state index contributed by atoms with van der Waals surface area (Å²) in [7, 11) is 3.06. The van der Waals surface area contributed by atoms with Crippen molar-refractivity contribution < 1.29 is 115 Å². The summed E-state index contributed by atoms with van der Waals surface area (Å²) in [5.41, 5.74) is 20.8. The van der Waals surface area contributed by atoms with E-state index in [2.05, 4.69) is 38.5 Å². The number of rotatable bonds is 36. The number of aliphatic hydroxyl groups is 3.